The minimum Gasteiger partial charge on any atom is -0.465 e. The molecule has 5 nitrogen and oxygen atoms in total. The zero-order chi connectivity index (χ0) is 12.7. The summed E-state index contributed by atoms with van der Waals surface area (Å²) >= 11 is 5.94. The van der Waals surface area contributed by atoms with Crippen molar-refractivity contribution >= 4 is 28.5 Å². The lowest BCUT2D eigenvalue weighted by Gasteiger charge is -2.05. The van der Waals surface area contributed by atoms with Gasteiger partial charge in [0.05, 0.1) is 18.2 Å². The highest BCUT2D eigenvalue weighted by Gasteiger charge is 2.18. The Morgan fingerprint density at radius 3 is 2.78 bits per heavy atom. The van der Waals surface area contributed by atoms with E-state index in [4.69, 9.17) is 21.1 Å². The van der Waals surface area contributed by atoms with Crippen LogP contribution in [-0.2, 0) is 4.74 Å². The third kappa shape index (κ3) is 1.64. The molecular formula is C12H8ClNO4. The first kappa shape index (κ1) is 11.1. The average molecular weight is 266 g/mol. The Morgan fingerprint density at radius 2 is 2.06 bits per heavy atom. The average Bonchev–Trinajstić information content (AvgIpc) is 2.81. The fourth-order valence-electron chi connectivity index (χ4n) is 1.79. The van der Waals surface area contributed by atoms with E-state index in [1.165, 1.54) is 7.11 Å². The van der Waals surface area contributed by atoms with Crippen LogP contribution in [0.5, 0.6) is 11.5 Å². The molecule has 1 aliphatic heterocycles. The molecule has 0 radical (unpaired) electrons. The van der Waals surface area contributed by atoms with E-state index in [0.717, 1.165) is 5.39 Å². The minimum absolute atomic E-state index is 0.105. The molecule has 0 aliphatic carbocycles. The van der Waals surface area contributed by atoms with E-state index in [1.54, 1.807) is 18.2 Å². The van der Waals surface area contributed by atoms with Crippen LogP contribution in [-0.4, -0.2) is 24.9 Å². The number of esters is 1. The van der Waals surface area contributed by atoms with Gasteiger partial charge in [-0.1, -0.05) is 11.6 Å². The van der Waals surface area contributed by atoms with E-state index in [1.807, 2.05) is 0 Å². The Kier molecular flexibility index (Phi) is 2.48. The van der Waals surface area contributed by atoms with Crippen molar-refractivity contribution in [2.24, 2.45) is 0 Å². The van der Waals surface area contributed by atoms with Crippen LogP contribution in [0.25, 0.3) is 10.9 Å². The molecule has 0 amide bonds. The van der Waals surface area contributed by atoms with Crippen molar-refractivity contribution in [2.45, 2.75) is 0 Å². The Hall–Kier alpha value is -2.01. The van der Waals surface area contributed by atoms with Crippen molar-refractivity contribution < 1.29 is 19.0 Å². The summed E-state index contributed by atoms with van der Waals surface area (Å²) in [4.78, 5) is 15.7. The molecule has 0 saturated carbocycles. The topological polar surface area (TPSA) is 57.7 Å². The van der Waals surface area contributed by atoms with Crippen LogP contribution in [0.15, 0.2) is 18.2 Å². The molecule has 2 aromatic rings. The molecule has 0 unspecified atom stereocenters. The molecule has 0 fully saturated rings. The van der Waals surface area contributed by atoms with Gasteiger partial charge >= 0.3 is 5.97 Å². The molecular weight excluding hydrogens is 258 g/mol. The van der Waals surface area contributed by atoms with Crippen molar-refractivity contribution in [3.63, 3.8) is 0 Å². The third-order valence-electron chi connectivity index (χ3n) is 2.67. The molecule has 1 aromatic carbocycles. The predicted octanol–water partition coefficient (Wildman–Crippen LogP) is 2.40. The van der Waals surface area contributed by atoms with E-state index in [9.17, 15) is 4.79 Å². The fraction of sp³-hybridized carbons (Fsp3) is 0.167. The highest BCUT2D eigenvalue weighted by molar-refractivity contribution is 6.33. The highest BCUT2D eigenvalue weighted by Crippen LogP contribution is 2.36. The summed E-state index contributed by atoms with van der Waals surface area (Å²) in [6.45, 7) is 0.184. The third-order valence-corrected chi connectivity index (χ3v) is 2.96. The summed E-state index contributed by atoms with van der Waals surface area (Å²) in [5, 5.41) is 0.845. The number of carbonyl (C=O) groups is 1. The van der Waals surface area contributed by atoms with Crippen molar-refractivity contribution in [3.05, 3.63) is 28.9 Å². The molecule has 3 rings (SSSR count). The number of aromatic nitrogens is 1. The van der Waals surface area contributed by atoms with Crippen LogP contribution < -0.4 is 9.47 Å². The lowest BCUT2D eigenvalue weighted by Crippen LogP contribution is -2.03. The second kappa shape index (κ2) is 4.03. The number of ether oxygens (including phenoxy) is 3. The Labute approximate surface area is 107 Å². The number of fused-ring (bicyclic) bond motifs is 2. The van der Waals surface area contributed by atoms with Gasteiger partial charge in [0.25, 0.3) is 0 Å². The standard InChI is InChI=1S/C12H8ClNO4/c1-16-12(15)7-2-6-3-9-10(18-5-17-9)4-8(6)14-11(7)13/h2-4H,5H2,1H3. The van der Waals surface area contributed by atoms with E-state index in [0.29, 0.717) is 17.0 Å². The van der Waals surface area contributed by atoms with Crippen LogP contribution in [0.4, 0.5) is 0 Å². The Morgan fingerprint density at radius 1 is 1.33 bits per heavy atom. The Balaban J connectivity index is 2.22. The summed E-state index contributed by atoms with van der Waals surface area (Å²) < 4.78 is 15.2. The van der Waals surface area contributed by atoms with Crippen LogP contribution in [0.1, 0.15) is 10.4 Å². The molecule has 6 heteroatoms. The SMILES string of the molecule is COC(=O)c1cc2cc3c(cc2nc1Cl)OCO3. The lowest BCUT2D eigenvalue weighted by atomic mass is 10.1. The lowest BCUT2D eigenvalue weighted by molar-refractivity contribution is 0.0600. The first-order chi connectivity index (χ1) is 8.69. The van der Waals surface area contributed by atoms with Gasteiger partial charge in [0, 0.05) is 11.5 Å². The highest BCUT2D eigenvalue weighted by atomic mass is 35.5. The first-order valence-corrected chi connectivity index (χ1v) is 5.55. The molecule has 1 aliphatic rings. The smallest absolute Gasteiger partial charge is 0.341 e. The van der Waals surface area contributed by atoms with Crippen LogP contribution in [0, 0.1) is 0 Å². The molecule has 18 heavy (non-hydrogen) atoms. The molecule has 0 saturated heterocycles. The summed E-state index contributed by atoms with van der Waals surface area (Å²) in [6, 6.07) is 5.11. The first-order valence-electron chi connectivity index (χ1n) is 5.17. The number of pyridine rings is 1. The molecule has 2 heterocycles. The summed E-state index contributed by atoms with van der Waals surface area (Å²) in [5.41, 5.74) is 0.863. The maximum Gasteiger partial charge on any atom is 0.341 e. The normalized spacial score (nSPS) is 12.8. The maximum atomic E-state index is 11.5. The zero-order valence-corrected chi connectivity index (χ0v) is 10.2. The number of nitrogens with zero attached hydrogens (tertiary/aromatic N) is 1. The van der Waals surface area contributed by atoms with Gasteiger partial charge in [-0.15, -0.1) is 0 Å². The number of rotatable bonds is 1. The van der Waals surface area contributed by atoms with Gasteiger partial charge in [-0.2, -0.15) is 0 Å². The molecule has 0 N–H and O–H groups in total. The van der Waals surface area contributed by atoms with E-state index in [2.05, 4.69) is 9.72 Å². The van der Waals surface area contributed by atoms with Gasteiger partial charge in [0.15, 0.2) is 11.5 Å². The molecule has 0 atom stereocenters. The molecule has 92 valence electrons. The van der Waals surface area contributed by atoms with E-state index < -0.39 is 5.97 Å². The van der Waals surface area contributed by atoms with Crippen molar-refractivity contribution in [1.29, 1.82) is 0 Å². The number of carbonyl (C=O) groups excluding carboxylic acids is 1. The monoisotopic (exact) mass is 265 g/mol. The number of hydrogen-bond donors (Lipinski definition) is 0. The van der Waals surface area contributed by atoms with Gasteiger partial charge in [0.2, 0.25) is 6.79 Å². The number of benzene rings is 1. The number of methoxy groups -OCH3 is 1. The zero-order valence-electron chi connectivity index (χ0n) is 9.40. The van der Waals surface area contributed by atoms with Gasteiger partial charge in [-0.25, -0.2) is 9.78 Å². The van der Waals surface area contributed by atoms with Crippen molar-refractivity contribution in [1.82, 2.24) is 4.98 Å². The number of halogens is 1. The Bertz CT molecular complexity index is 656. The maximum absolute atomic E-state index is 11.5. The van der Waals surface area contributed by atoms with Gasteiger partial charge in [0.1, 0.15) is 5.15 Å². The second-order valence-corrected chi connectivity index (χ2v) is 4.07. The summed E-state index contributed by atoms with van der Waals surface area (Å²) in [6.07, 6.45) is 0. The second-order valence-electron chi connectivity index (χ2n) is 3.72. The van der Waals surface area contributed by atoms with Gasteiger partial charge in [-0.05, 0) is 12.1 Å². The van der Waals surface area contributed by atoms with Crippen molar-refractivity contribution in [3.8, 4) is 11.5 Å². The fourth-order valence-corrected chi connectivity index (χ4v) is 2.02. The van der Waals surface area contributed by atoms with Gasteiger partial charge in [-0.3, -0.25) is 0 Å². The van der Waals surface area contributed by atoms with Gasteiger partial charge < -0.3 is 14.2 Å². The number of hydrogen-bond acceptors (Lipinski definition) is 5. The minimum atomic E-state index is -0.521. The van der Waals surface area contributed by atoms with Crippen LogP contribution in [0.3, 0.4) is 0 Å². The molecule has 0 bridgehead atoms. The summed E-state index contributed by atoms with van der Waals surface area (Å²) in [7, 11) is 1.29. The van der Waals surface area contributed by atoms with Crippen LogP contribution in [0.2, 0.25) is 5.15 Å². The van der Waals surface area contributed by atoms with Crippen molar-refractivity contribution in [2.75, 3.05) is 13.9 Å². The van der Waals surface area contributed by atoms with E-state index in [-0.39, 0.29) is 17.5 Å². The largest absolute Gasteiger partial charge is 0.465 e. The van der Waals surface area contributed by atoms with Crippen LogP contribution >= 0.6 is 11.6 Å². The molecule has 0 spiro atoms. The predicted molar refractivity (Wildman–Crippen MR) is 64.2 cm³/mol. The quantitative estimate of drug-likeness (QED) is 0.585. The summed E-state index contributed by atoms with van der Waals surface area (Å²) in [5.74, 6) is 0.728. The molecule has 1 aromatic heterocycles. The van der Waals surface area contributed by atoms with E-state index >= 15 is 0 Å².